The van der Waals surface area contributed by atoms with Gasteiger partial charge in [-0.05, 0) is 6.07 Å². The summed E-state index contributed by atoms with van der Waals surface area (Å²) in [5.41, 5.74) is 0.442. The number of hydrogen-bond acceptors (Lipinski definition) is 3. The number of halogens is 1. The summed E-state index contributed by atoms with van der Waals surface area (Å²) in [5, 5.41) is 9.32. The Kier molecular flexibility index (Phi) is 1.48. The average molecular weight is 185 g/mol. The van der Waals surface area contributed by atoms with Crippen LogP contribution in [0, 0.1) is 0 Å². The first-order valence-corrected chi connectivity index (χ1v) is 3.75. The Bertz CT molecular complexity index is 360. The van der Waals surface area contributed by atoms with E-state index in [1.54, 1.807) is 0 Å². The molecule has 0 saturated heterocycles. The summed E-state index contributed by atoms with van der Waals surface area (Å²) in [5.74, 6) is 0.235. The molecule has 0 atom stereocenters. The third kappa shape index (κ3) is 0.940. The average Bonchev–Trinajstić information content (AvgIpc) is 2.35. The fourth-order valence-corrected chi connectivity index (χ4v) is 1.26. The Morgan fingerprint density at radius 1 is 1.50 bits per heavy atom. The van der Waals surface area contributed by atoms with Crippen molar-refractivity contribution in [1.29, 1.82) is 0 Å². The number of ether oxygens (including phenoxy) is 1. The van der Waals surface area contributed by atoms with Crippen LogP contribution in [0.2, 0.25) is 5.02 Å². The first-order chi connectivity index (χ1) is 5.68. The molecule has 0 radical (unpaired) electrons. The molecule has 1 aromatic rings. The van der Waals surface area contributed by atoms with E-state index in [4.69, 9.17) is 21.4 Å². The highest BCUT2D eigenvalue weighted by molar-refractivity contribution is 6.32. The van der Waals surface area contributed by atoms with Gasteiger partial charge in [0.2, 0.25) is 5.78 Å². The number of Topliss-reactive ketones (excluding diaryl/α,β-unsaturated/α-hetero) is 1. The molecular formula is C8H5ClO3. The van der Waals surface area contributed by atoms with E-state index in [0.717, 1.165) is 0 Å². The molecule has 1 aliphatic rings. The van der Waals surface area contributed by atoms with Gasteiger partial charge in [-0.3, -0.25) is 4.79 Å². The fourth-order valence-electron chi connectivity index (χ4n) is 1.10. The molecule has 0 bridgehead atoms. The van der Waals surface area contributed by atoms with Crippen molar-refractivity contribution in [2.45, 2.75) is 0 Å². The van der Waals surface area contributed by atoms with Crippen LogP contribution in [-0.2, 0) is 0 Å². The number of aromatic hydroxyl groups is 1. The maximum absolute atomic E-state index is 11.1. The van der Waals surface area contributed by atoms with Crippen molar-refractivity contribution in [1.82, 2.24) is 0 Å². The Morgan fingerprint density at radius 3 is 3.00 bits per heavy atom. The topological polar surface area (TPSA) is 46.5 Å². The van der Waals surface area contributed by atoms with Crippen molar-refractivity contribution >= 4 is 17.4 Å². The molecule has 1 aromatic carbocycles. The molecule has 1 heterocycles. The monoisotopic (exact) mass is 184 g/mol. The van der Waals surface area contributed by atoms with Gasteiger partial charge in [0.25, 0.3) is 0 Å². The molecule has 2 rings (SSSR count). The number of fused-ring (bicyclic) bond motifs is 1. The summed E-state index contributed by atoms with van der Waals surface area (Å²) in [6.07, 6.45) is 0. The molecule has 12 heavy (non-hydrogen) atoms. The van der Waals surface area contributed by atoms with Crippen molar-refractivity contribution in [2.24, 2.45) is 0 Å². The normalized spacial score (nSPS) is 14.2. The molecule has 62 valence electrons. The maximum atomic E-state index is 11.1. The summed E-state index contributed by atoms with van der Waals surface area (Å²) in [4.78, 5) is 11.1. The van der Waals surface area contributed by atoms with Crippen LogP contribution in [-0.4, -0.2) is 17.5 Å². The zero-order valence-corrected chi connectivity index (χ0v) is 6.76. The third-order valence-electron chi connectivity index (χ3n) is 1.71. The summed E-state index contributed by atoms with van der Waals surface area (Å²) in [6, 6.07) is 2.77. The molecule has 1 N–H and O–H groups in total. The molecule has 4 heteroatoms. The second-order valence-electron chi connectivity index (χ2n) is 2.51. The van der Waals surface area contributed by atoms with E-state index in [1.165, 1.54) is 12.1 Å². The molecule has 0 aliphatic carbocycles. The van der Waals surface area contributed by atoms with Crippen molar-refractivity contribution in [3.8, 4) is 11.5 Å². The lowest BCUT2D eigenvalue weighted by molar-refractivity contribution is 0.0961. The number of hydrogen-bond donors (Lipinski definition) is 1. The molecule has 0 saturated carbocycles. The molecule has 0 fully saturated rings. The fraction of sp³-hybridized carbons (Fsp3) is 0.125. The van der Waals surface area contributed by atoms with Gasteiger partial charge in [-0.2, -0.15) is 0 Å². The Labute approximate surface area is 73.5 Å². The number of rotatable bonds is 0. The van der Waals surface area contributed by atoms with Gasteiger partial charge in [0.15, 0.2) is 6.61 Å². The lowest BCUT2D eigenvalue weighted by atomic mass is 10.1. The standard InChI is InChI=1S/C8H5ClO3/c9-5-1-4-7(11)3-12-8(4)2-6(5)10/h1-2,10H,3H2. The first kappa shape index (κ1) is 7.43. The van der Waals surface area contributed by atoms with Gasteiger partial charge in [-0.25, -0.2) is 0 Å². The number of benzene rings is 1. The second kappa shape index (κ2) is 2.38. The zero-order chi connectivity index (χ0) is 8.72. The van der Waals surface area contributed by atoms with Crippen molar-refractivity contribution in [3.63, 3.8) is 0 Å². The lowest BCUT2D eigenvalue weighted by Crippen LogP contribution is -1.98. The summed E-state index contributed by atoms with van der Waals surface area (Å²) in [7, 11) is 0. The number of carbonyl (C=O) groups excluding carboxylic acids is 1. The van der Waals surface area contributed by atoms with Crippen LogP contribution >= 0.6 is 11.6 Å². The van der Waals surface area contributed by atoms with Crippen LogP contribution < -0.4 is 4.74 Å². The van der Waals surface area contributed by atoms with E-state index in [9.17, 15) is 4.79 Å². The van der Waals surface area contributed by atoms with Crippen LogP contribution in [0.5, 0.6) is 11.5 Å². The Morgan fingerprint density at radius 2 is 2.25 bits per heavy atom. The molecule has 0 unspecified atom stereocenters. The maximum Gasteiger partial charge on any atom is 0.203 e. The number of ketones is 1. The predicted octanol–water partition coefficient (Wildman–Crippen LogP) is 1.62. The van der Waals surface area contributed by atoms with Crippen LogP contribution in [0.3, 0.4) is 0 Å². The highest BCUT2D eigenvalue weighted by Gasteiger charge is 2.22. The molecule has 0 aromatic heterocycles. The van der Waals surface area contributed by atoms with E-state index in [0.29, 0.717) is 11.3 Å². The molecule has 1 aliphatic heterocycles. The summed E-state index contributed by atoms with van der Waals surface area (Å²) < 4.78 is 4.98. The van der Waals surface area contributed by atoms with Crippen molar-refractivity contribution in [2.75, 3.05) is 6.61 Å². The minimum Gasteiger partial charge on any atom is -0.506 e. The lowest BCUT2D eigenvalue weighted by Gasteiger charge is -1.99. The van der Waals surface area contributed by atoms with Crippen LogP contribution in [0.1, 0.15) is 10.4 Å². The quantitative estimate of drug-likeness (QED) is 0.667. The highest BCUT2D eigenvalue weighted by atomic mass is 35.5. The number of phenolic OH excluding ortho intramolecular Hbond substituents is 1. The minimum absolute atomic E-state index is 0.0368. The zero-order valence-electron chi connectivity index (χ0n) is 6.00. The van der Waals surface area contributed by atoms with E-state index in [2.05, 4.69) is 0 Å². The van der Waals surface area contributed by atoms with Gasteiger partial charge in [0.05, 0.1) is 10.6 Å². The SMILES string of the molecule is O=C1COc2cc(O)c(Cl)cc21. The Hall–Kier alpha value is -1.22. The second-order valence-corrected chi connectivity index (χ2v) is 2.92. The van der Waals surface area contributed by atoms with Gasteiger partial charge in [-0.15, -0.1) is 0 Å². The molecular weight excluding hydrogens is 180 g/mol. The van der Waals surface area contributed by atoms with Gasteiger partial charge in [0.1, 0.15) is 11.5 Å². The van der Waals surface area contributed by atoms with E-state index in [-0.39, 0.29) is 23.2 Å². The van der Waals surface area contributed by atoms with Gasteiger partial charge in [0, 0.05) is 6.07 Å². The Balaban J connectivity index is 2.63. The van der Waals surface area contributed by atoms with E-state index in [1.807, 2.05) is 0 Å². The van der Waals surface area contributed by atoms with Gasteiger partial charge in [-0.1, -0.05) is 11.6 Å². The highest BCUT2D eigenvalue weighted by Crippen LogP contribution is 2.34. The minimum atomic E-state index is -0.105. The van der Waals surface area contributed by atoms with Gasteiger partial charge >= 0.3 is 0 Å². The number of phenols is 1. The number of carbonyl (C=O) groups is 1. The summed E-state index contributed by atoms with van der Waals surface area (Å²) >= 11 is 5.60. The van der Waals surface area contributed by atoms with Gasteiger partial charge < -0.3 is 9.84 Å². The van der Waals surface area contributed by atoms with Crippen molar-refractivity contribution < 1.29 is 14.6 Å². The molecule has 0 amide bonds. The predicted molar refractivity (Wildman–Crippen MR) is 42.9 cm³/mol. The smallest absolute Gasteiger partial charge is 0.203 e. The molecule has 0 spiro atoms. The van der Waals surface area contributed by atoms with Crippen LogP contribution in [0.4, 0.5) is 0 Å². The largest absolute Gasteiger partial charge is 0.506 e. The third-order valence-corrected chi connectivity index (χ3v) is 2.01. The van der Waals surface area contributed by atoms with Crippen molar-refractivity contribution in [3.05, 3.63) is 22.7 Å². The molecule has 3 nitrogen and oxygen atoms in total. The summed E-state index contributed by atoms with van der Waals surface area (Å²) in [6.45, 7) is 0.0368. The van der Waals surface area contributed by atoms with E-state index < -0.39 is 0 Å². The first-order valence-electron chi connectivity index (χ1n) is 3.37. The van der Waals surface area contributed by atoms with E-state index >= 15 is 0 Å². The van der Waals surface area contributed by atoms with Crippen LogP contribution in [0.25, 0.3) is 0 Å². The van der Waals surface area contributed by atoms with Crippen LogP contribution in [0.15, 0.2) is 12.1 Å².